The molecule has 0 bridgehead atoms. The molecule has 0 saturated carbocycles. The molecule has 1 heterocycles. The van der Waals surface area contributed by atoms with Gasteiger partial charge in [-0.05, 0) is 47.5 Å². The fraction of sp³-hybridized carbons (Fsp3) is 0.938. The molecule has 6 nitrogen and oxygen atoms in total. The van der Waals surface area contributed by atoms with Crippen molar-refractivity contribution in [1.82, 2.24) is 10.2 Å². The van der Waals surface area contributed by atoms with Crippen molar-refractivity contribution in [2.75, 3.05) is 18.1 Å². The maximum Gasteiger partial charge on any atom is 0.410 e. The molecule has 3 atom stereocenters. The molecule has 7 heteroatoms. The Morgan fingerprint density at radius 2 is 2.00 bits per heavy atom. The first-order chi connectivity index (χ1) is 10.4. The molecule has 0 spiro atoms. The maximum atomic E-state index is 12.3. The fourth-order valence-electron chi connectivity index (χ4n) is 2.86. The van der Waals surface area contributed by atoms with Crippen LogP contribution in [0.5, 0.6) is 0 Å². The van der Waals surface area contributed by atoms with Crippen molar-refractivity contribution >= 4 is 15.9 Å². The Morgan fingerprint density at radius 3 is 2.52 bits per heavy atom. The van der Waals surface area contributed by atoms with Gasteiger partial charge in [-0.3, -0.25) is 0 Å². The van der Waals surface area contributed by atoms with Crippen molar-refractivity contribution in [3.8, 4) is 0 Å². The monoisotopic (exact) mass is 348 g/mol. The predicted molar refractivity (Wildman–Crippen MR) is 92.3 cm³/mol. The molecule has 0 aromatic carbocycles. The third kappa shape index (κ3) is 6.67. The van der Waals surface area contributed by atoms with Crippen molar-refractivity contribution in [3.63, 3.8) is 0 Å². The fourth-order valence-corrected chi connectivity index (χ4v) is 3.95. The van der Waals surface area contributed by atoms with Gasteiger partial charge in [0.25, 0.3) is 0 Å². The third-order valence-electron chi connectivity index (χ3n) is 4.06. The topological polar surface area (TPSA) is 75.7 Å². The minimum Gasteiger partial charge on any atom is -0.444 e. The van der Waals surface area contributed by atoms with Crippen LogP contribution in [-0.2, 0) is 14.6 Å². The van der Waals surface area contributed by atoms with Gasteiger partial charge in [0, 0.05) is 30.4 Å². The summed E-state index contributed by atoms with van der Waals surface area (Å²) < 4.78 is 28.9. The number of carbonyl (C=O) groups excluding carboxylic acids is 1. The van der Waals surface area contributed by atoms with Crippen molar-refractivity contribution in [1.29, 1.82) is 0 Å². The van der Waals surface area contributed by atoms with Gasteiger partial charge in [-0.15, -0.1) is 0 Å². The van der Waals surface area contributed by atoms with E-state index in [9.17, 15) is 13.2 Å². The van der Waals surface area contributed by atoms with E-state index in [1.807, 2.05) is 34.6 Å². The Kier molecular flexibility index (Phi) is 6.89. The van der Waals surface area contributed by atoms with Crippen LogP contribution in [-0.4, -0.2) is 61.2 Å². The predicted octanol–water partition coefficient (Wildman–Crippen LogP) is 2.19. The second-order valence-electron chi connectivity index (χ2n) is 7.43. The lowest BCUT2D eigenvalue weighted by atomic mass is 9.97. The first-order valence-corrected chi connectivity index (χ1v) is 10.2. The van der Waals surface area contributed by atoms with E-state index >= 15 is 0 Å². The molecule has 3 unspecified atom stereocenters. The van der Waals surface area contributed by atoms with Crippen LogP contribution >= 0.6 is 0 Å². The van der Waals surface area contributed by atoms with Gasteiger partial charge in [-0.25, -0.2) is 13.2 Å². The van der Waals surface area contributed by atoms with Gasteiger partial charge < -0.3 is 15.0 Å². The molecule has 0 aromatic heterocycles. The largest absolute Gasteiger partial charge is 0.444 e. The number of ether oxygens (including phenoxy) is 1. The SMILES string of the molecule is CCS(=O)(=O)CC(C)NC1CCCN(C(=O)OC(C)(C)C)C1C. The van der Waals surface area contributed by atoms with Crippen LogP contribution < -0.4 is 5.32 Å². The minimum absolute atomic E-state index is 0.0228. The van der Waals surface area contributed by atoms with Gasteiger partial charge in [-0.1, -0.05) is 6.92 Å². The molecule has 1 aliphatic rings. The lowest BCUT2D eigenvalue weighted by molar-refractivity contribution is 0.00658. The zero-order valence-corrected chi connectivity index (χ0v) is 16.1. The molecule has 0 aliphatic carbocycles. The van der Waals surface area contributed by atoms with Gasteiger partial charge in [0.2, 0.25) is 0 Å². The summed E-state index contributed by atoms with van der Waals surface area (Å²) in [6, 6.07) is -0.0744. The number of likely N-dealkylation sites (tertiary alicyclic amines) is 1. The summed E-state index contributed by atoms with van der Waals surface area (Å²) in [4.78, 5) is 14.1. The number of piperidine rings is 1. The van der Waals surface area contributed by atoms with Crippen molar-refractivity contribution in [2.24, 2.45) is 0 Å². The van der Waals surface area contributed by atoms with Gasteiger partial charge in [0.05, 0.1) is 5.75 Å². The second kappa shape index (κ2) is 7.83. The zero-order chi connectivity index (χ0) is 17.8. The molecule has 1 aliphatic heterocycles. The highest BCUT2D eigenvalue weighted by Crippen LogP contribution is 2.21. The number of hydrogen-bond donors (Lipinski definition) is 1. The molecule has 0 radical (unpaired) electrons. The summed E-state index contributed by atoms with van der Waals surface area (Å²) in [7, 11) is -3.01. The third-order valence-corrected chi connectivity index (χ3v) is 5.95. The van der Waals surface area contributed by atoms with E-state index in [0.717, 1.165) is 12.8 Å². The summed E-state index contributed by atoms with van der Waals surface area (Å²) in [5.74, 6) is 0.280. The lowest BCUT2D eigenvalue weighted by Crippen LogP contribution is -2.57. The highest BCUT2D eigenvalue weighted by Gasteiger charge is 2.34. The Bertz CT molecular complexity index is 499. The number of nitrogens with one attached hydrogen (secondary N) is 1. The van der Waals surface area contributed by atoms with E-state index in [0.29, 0.717) is 6.54 Å². The van der Waals surface area contributed by atoms with Gasteiger partial charge in [-0.2, -0.15) is 0 Å². The van der Waals surface area contributed by atoms with E-state index in [2.05, 4.69) is 5.32 Å². The average Bonchev–Trinajstić information content (AvgIpc) is 2.38. The highest BCUT2D eigenvalue weighted by molar-refractivity contribution is 7.91. The molecule has 0 aromatic rings. The second-order valence-corrected chi connectivity index (χ2v) is 9.83. The molecule has 1 saturated heterocycles. The molecule has 1 rings (SSSR count). The molecule has 23 heavy (non-hydrogen) atoms. The molecule has 1 N–H and O–H groups in total. The van der Waals surface area contributed by atoms with Crippen LogP contribution in [0.25, 0.3) is 0 Å². The van der Waals surface area contributed by atoms with Crippen LogP contribution in [0.2, 0.25) is 0 Å². The Hall–Kier alpha value is -0.820. The van der Waals surface area contributed by atoms with E-state index in [1.54, 1.807) is 11.8 Å². The molecule has 1 fully saturated rings. The highest BCUT2D eigenvalue weighted by atomic mass is 32.2. The summed E-state index contributed by atoms with van der Waals surface area (Å²) in [5, 5.41) is 3.38. The summed E-state index contributed by atoms with van der Waals surface area (Å²) >= 11 is 0. The summed E-state index contributed by atoms with van der Waals surface area (Å²) in [5.41, 5.74) is -0.514. The van der Waals surface area contributed by atoms with E-state index < -0.39 is 15.4 Å². The van der Waals surface area contributed by atoms with E-state index in [-0.39, 0.29) is 35.7 Å². The smallest absolute Gasteiger partial charge is 0.410 e. The van der Waals surface area contributed by atoms with Crippen molar-refractivity contribution < 1.29 is 17.9 Å². The van der Waals surface area contributed by atoms with Crippen molar-refractivity contribution in [3.05, 3.63) is 0 Å². The van der Waals surface area contributed by atoms with Gasteiger partial charge in [0.1, 0.15) is 5.60 Å². The van der Waals surface area contributed by atoms with Crippen LogP contribution in [0.15, 0.2) is 0 Å². The lowest BCUT2D eigenvalue weighted by Gasteiger charge is -2.41. The number of amides is 1. The molecule has 1 amide bonds. The first-order valence-electron chi connectivity index (χ1n) is 8.41. The zero-order valence-electron chi connectivity index (χ0n) is 15.3. The summed E-state index contributed by atoms with van der Waals surface area (Å²) in [6.45, 7) is 11.8. The van der Waals surface area contributed by atoms with Gasteiger partial charge in [0.15, 0.2) is 9.84 Å². The first kappa shape index (κ1) is 20.2. The summed E-state index contributed by atoms with van der Waals surface area (Å²) in [6.07, 6.45) is 1.51. The van der Waals surface area contributed by atoms with Crippen LogP contribution in [0, 0.1) is 0 Å². The standard InChI is InChI=1S/C16H32N2O4S/c1-7-23(20,21)11-12(2)17-14-9-8-10-18(13(14)3)15(19)22-16(4,5)6/h12-14,17H,7-11H2,1-6H3. The number of sulfone groups is 1. The van der Waals surface area contributed by atoms with Crippen LogP contribution in [0.4, 0.5) is 4.79 Å². The Balaban J connectivity index is 2.66. The quantitative estimate of drug-likeness (QED) is 0.824. The minimum atomic E-state index is -3.01. The molecular weight excluding hydrogens is 316 g/mol. The molecular formula is C16H32N2O4S. The number of nitrogens with zero attached hydrogens (tertiary/aromatic N) is 1. The van der Waals surface area contributed by atoms with Crippen LogP contribution in [0.3, 0.4) is 0 Å². The normalized spacial score (nSPS) is 24.3. The van der Waals surface area contributed by atoms with E-state index in [1.165, 1.54) is 0 Å². The molecule has 136 valence electrons. The van der Waals surface area contributed by atoms with Crippen molar-refractivity contribution in [2.45, 2.75) is 78.1 Å². The van der Waals surface area contributed by atoms with Crippen LogP contribution in [0.1, 0.15) is 54.4 Å². The number of rotatable bonds is 5. The van der Waals surface area contributed by atoms with E-state index in [4.69, 9.17) is 4.74 Å². The maximum absolute atomic E-state index is 12.3. The number of hydrogen-bond acceptors (Lipinski definition) is 5. The Labute approximate surface area is 140 Å². The number of carbonyl (C=O) groups is 1. The Morgan fingerprint density at radius 1 is 1.39 bits per heavy atom. The average molecular weight is 349 g/mol. The van der Waals surface area contributed by atoms with Gasteiger partial charge >= 0.3 is 6.09 Å².